The van der Waals surface area contributed by atoms with Gasteiger partial charge in [0.2, 0.25) is 0 Å². The number of hydrogen-bond donors (Lipinski definition) is 1. The van der Waals surface area contributed by atoms with Crippen LogP contribution in [0.2, 0.25) is 0 Å². The number of aryl methyl sites for hydroxylation is 1. The molecule has 0 saturated heterocycles. The van der Waals surface area contributed by atoms with Gasteiger partial charge >= 0.3 is 11.9 Å². The molecular weight excluding hydrogens is 496 g/mol. The van der Waals surface area contributed by atoms with E-state index in [1.54, 1.807) is 19.1 Å². The van der Waals surface area contributed by atoms with Gasteiger partial charge in [-0.3, -0.25) is 4.79 Å². The average molecular weight is 537 g/mol. The Morgan fingerprint density at radius 3 is 2.36 bits per heavy atom. The Hall–Kier alpha value is -3.06. The Kier molecular flexibility index (Phi) is 7.17. The molecule has 2 aromatic carbocycles. The first-order chi connectivity index (χ1) is 18.5. The Morgan fingerprint density at radius 2 is 1.77 bits per heavy atom. The zero-order valence-electron chi connectivity index (χ0n) is 24.1. The van der Waals surface area contributed by atoms with Crippen molar-refractivity contribution < 1.29 is 33.6 Å². The minimum absolute atomic E-state index is 0.103. The first kappa shape index (κ1) is 27.5. The summed E-state index contributed by atoms with van der Waals surface area (Å²) >= 11 is 0. The third-order valence-corrected chi connectivity index (χ3v) is 9.38. The number of benzene rings is 2. The molecule has 1 unspecified atom stereocenters. The molecule has 1 N–H and O–H groups in total. The van der Waals surface area contributed by atoms with Gasteiger partial charge < -0.3 is 24.1 Å². The number of carbonyl (C=O) groups excluding carboxylic acids is 2. The van der Waals surface area contributed by atoms with Crippen LogP contribution in [-0.2, 0) is 9.53 Å². The number of esters is 2. The molecule has 2 saturated carbocycles. The number of carbonyl (C=O) groups is 2. The van der Waals surface area contributed by atoms with Gasteiger partial charge in [-0.1, -0.05) is 13.8 Å². The number of ether oxygens (including phenoxy) is 4. The van der Waals surface area contributed by atoms with E-state index >= 15 is 0 Å². The zero-order chi connectivity index (χ0) is 28.2. The molecule has 0 amide bonds. The lowest BCUT2D eigenvalue weighted by molar-refractivity contribution is -0.147. The largest absolute Gasteiger partial charge is 0.495 e. The average Bonchev–Trinajstić information content (AvgIpc) is 3.39. The lowest BCUT2D eigenvalue weighted by Crippen LogP contribution is -2.36. The van der Waals surface area contributed by atoms with Crippen molar-refractivity contribution in [2.75, 3.05) is 7.11 Å². The van der Waals surface area contributed by atoms with Crippen LogP contribution >= 0.6 is 0 Å². The molecule has 39 heavy (non-hydrogen) atoms. The maximum absolute atomic E-state index is 13.8. The lowest BCUT2D eigenvalue weighted by Gasteiger charge is -2.30. The predicted molar refractivity (Wildman–Crippen MR) is 146 cm³/mol. The fourth-order valence-corrected chi connectivity index (χ4v) is 6.89. The van der Waals surface area contributed by atoms with Crippen LogP contribution in [0.4, 0.5) is 0 Å². The number of rotatable bonds is 6. The topological polar surface area (TPSA) is 91.3 Å². The summed E-state index contributed by atoms with van der Waals surface area (Å²) in [6.07, 6.45) is 3.24. The summed E-state index contributed by atoms with van der Waals surface area (Å²) in [6.45, 7) is 11.7. The van der Waals surface area contributed by atoms with Crippen LogP contribution in [-0.4, -0.2) is 24.2 Å². The maximum atomic E-state index is 13.8. The molecule has 210 valence electrons. The highest BCUT2D eigenvalue weighted by Crippen LogP contribution is 2.59. The van der Waals surface area contributed by atoms with E-state index < -0.39 is 23.6 Å². The van der Waals surface area contributed by atoms with Crippen LogP contribution in [0.3, 0.4) is 0 Å². The number of fused-ring (bicyclic) bond motifs is 4. The van der Waals surface area contributed by atoms with Gasteiger partial charge in [-0.25, -0.2) is 4.79 Å². The van der Waals surface area contributed by atoms with Gasteiger partial charge in [0.15, 0.2) is 11.5 Å². The summed E-state index contributed by atoms with van der Waals surface area (Å²) < 4.78 is 24.3. The van der Waals surface area contributed by atoms with Crippen molar-refractivity contribution in [3.63, 3.8) is 0 Å². The van der Waals surface area contributed by atoms with Gasteiger partial charge in [0.05, 0.1) is 18.6 Å². The molecule has 2 aromatic rings. The molecule has 2 fully saturated rings. The second-order valence-corrected chi connectivity index (χ2v) is 12.1. The molecule has 0 spiro atoms. The molecule has 0 aromatic heterocycles. The highest BCUT2D eigenvalue weighted by Gasteiger charge is 2.57. The summed E-state index contributed by atoms with van der Waals surface area (Å²) in [6, 6.07) is 5.29. The van der Waals surface area contributed by atoms with E-state index in [0.29, 0.717) is 40.9 Å². The van der Waals surface area contributed by atoms with Crippen molar-refractivity contribution in [1.29, 1.82) is 0 Å². The first-order valence-electron chi connectivity index (χ1n) is 14.1. The summed E-state index contributed by atoms with van der Waals surface area (Å²) in [7, 11) is 1.46. The molecule has 5 rings (SSSR count). The third kappa shape index (κ3) is 4.48. The number of aliphatic hydroxyl groups excluding tert-OH is 1. The third-order valence-electron chi connectivity index (χ3n) is 9.38. The van der Waals surface area contributed by atoms with Crippen LogP contribution in [0.15, 0.2) is 18.2 Å². The fraction of sp³-hybridized carbons (Fsp3) is 0.562. The monoisotopic (exact) mass is 536 g/mol. The molecule has 2 bridgehead atoms. The summed E-state index contributed by atoms with van der Waals surface area (Å²) in [5.41, 5.74) is 2.43. The number of cyclic esters (lactones) is 1. The Morgan fingerprint density at radius 1 is 1.13 bits per heavy atom. The van der Waals surface area contributed by atoms with E-state index in [1.165, 1.54) is 7.11 Å². The van der Waals surface area contributed by atoms with Gasteiger partial charge in [-0.05, 0) is 107 Å². The molecule has 0 radical (unpaired) electrons. The minimum Gasteiger partial charge on any atom is -0.495 e. The first-order valence-corrected chi connectivity index (χ1v) is 14.1. The smallest absolute Gasteiger partial charge is 0.346 e. The molecule has 7 nitrogen and oxygen atoms in total. The van der Waals surface area contributed by atoms with Crippen molar-refractivity contribution in [3.8, 4) is 23.0 Å². The number of hydrogen-bond acceptors (Lipinski definition) is 7. The van der Waals surface area contributed by atoms with Gasteiger partial charge in [0.25, 0.3) is 0 Å². The summed E-state index contributed by atoms with van der Waals surface area (Å²) in [5, 5.41) is 10.9. The van der Waals surface area contributed by atoms with Crippen molar-refractivity contribution >= 4 is 11.9 Å². The standard InChI is InChI=1S/C32H40O7/c1-16(2)14-24(33)22-12-13-25-26(28(22)36-7)30(34)37-19(5)23-15-17(3)18(4)27(29(23)38-25)39-31(35)32(6)20-8-9-21(32)11-10-20/h12-13,15-16,19-21,24,33H,8-11,14H2,1-7H3/t19?,20?,21?,24-,32?/m0/s1. The fourth-order valence-electron chi connectivity index (χ4n) is 6.89. The van der Waals surface area contributed by atoms with Gasteiger partial charge in [-0.2, -0.15) is 0 Å². The maximum Gasteiger partial charge on any atom is 0.346 e. The molecule has 1 aliphatic heterocycles. The van der Waals surface area contributed by atoms with Crippen LogP contribution in [0.1, 0.15) is 105 Å². The molecule has 7 heteroatoms. The van der Waals surface area contributed by atoms with Gasteiger partial charge in [-0.15, -0.1) is 0 Å². The van der Waals surface area contributed by atoms with Crippen LogP contribution in [0.25, 0.3) is 0 Å². The SMILES string of the molecule is COc1c([C@@H](O)CC(C)C)ccc2c1C(=O)OC(C)c1cc(C)c(C)c(OC(=O)C3(C)C4CCC3CC4)c1O2. The number of aliphatic hydroxyl groups is 1. The zero-order valence-corrected chi connectivity index (χ0v) is 24.1. The quantitative estimate of drug-likeness (QED) is 0.310. The molecule has 2 aliphatic carbocycles. The minimum atomic E-state index is -0.822. The van der Waals surface area contributed by atoms with E-state index in [4.69, 9.17) is 18.9 Å². The van der Waals surface area contributed by atoms with E-state index in [1.807, 2.05) is 33.8 Å². The van der Waals surface area contributed by atoms with Gasteiger partial charge in [0.1, 0.15) is 23.2 Å². The highest BCUT2D eigenvalue weighted by atomic mass is 16.6. The Bertz CT molecular complexity index is 1290. The Labute approximate surface area is 230 Å². The van der Waals surface area contributed by atoms with Crippen LogP contribution in [0, 0.1) is 37.0 Å². The molecular formula is C32H40O7. The summed E-state index contributed by atoms with van der Waals surface area (Å²) in [5.74, 6) is 1.25. The second kappa shape index (κ2) is 10.2. The second-order valence-electron chi connectivity index (χ2n) is 12.1. The number of methoxy groups -OCH3 is 1. The van der Waals surface area contributed by atoms with E-state index in [9.17, 15) is 14.7 Å². The molecule has 2 atom stereocenters. The van der Waals surface area contributed by atoms with E-state index in [2.05, 4.69) is 6.92 Å². The van der Waals surface area contributed by atoms with Gasteiger partial charge in [0, 0.05) is 11.1 Å². The van der Waals surface area contributed by atoms with Crippen molar-refractivity contribution in [3.05, 3.63) is 46.0 Å². The van der Waals surface area contributed by atoms with Crippen molar-refractivity contribution in [1.82, 2.24) is 0 Å². The van der Waals surface area contributed by atoms with E-state index in [0.717, 1.165) is 36.8 Å². The summed E-state index contributed by atoms with van der Waals surface area (Å²) in [4.78, 5) is 27.2. The van der Waals surface area contributed by atoms with Crippen molar-refractivity contribution in [2.24, 2.45) is 23.2 Å². The predicted octanol–water partition coefficient (Wildman–Crippen LogP) is 7.15. The lowest BCUT2D eigenvalue weighted by atomic mass is 9.79. The normalized spacial score (nSPS) is 26.2. The highest BCUT2D eigenvalue weighted by molar-refractivity contribution is 5.97. The van der Waals surface area contributed by atoms with E-state index in [-0.39, 0.29) is 28.9 Å². The van der Waals surface area contributed by atoms with Crippen LogP contribution < -0.4 is 14.2 Å². The van der Waals surface area contributed by atoms with Crippen LogP contribution in [0.5, 0.6) is 23.0 Å². The van der Waals surface area contributed by atoms with Crippen molar-refractivity contribution in [2.45, 2.75) is 85.9 Å². The molecule has 1 heterocycles. The molecule has 3 aliphatic rings. The Balaban J connectivity index is 1.61.